The van der Waals surface area contributed by atoms with Gasteiger partial charge in [0.2, 0.25) is 0 Å². The highest BCUT2D eigenvalue weighted by molar-refractivity contribution is 5.14. The minimum atomic E-state index is 0.454. The molecule has 0 radical (unpaired) electrons. The lowest BCUT2D eigenvalue weighted by Gasteiger charge is -2.17. The third-order valence-electron chi connectivity index (χ3n) is 2.01. The molecule has 0 aromatic heterocycles. The Kier molecular flexibility index (Phi) is 2.91. The van der Waals surface area contributed by atoms with E-state index in [-0.39, 0.29) is 0 Å². The fraction of sp³-hybridized carbons (Fsp3) is 0.500. The van der Waals surface area contributed by atoms with Crippen LogP contribution >= 0.6 is 0 Å². The molecule has 12 heavy (non-hydrogen) atoms. The van der Waals surface area contributed by atoms with Crippen LogP contribution in [-0.4, -0.2) is 0 Å². The molecular weight excluding hydrogens is 144 g/mol. The predicted octanol–water partition coefficient (Wildman–Crippen LogP) is 3.67. The van der Waals surface area contributed by atoms with Crippen molar-refractivity contribution in [3.63, 3.8) is 0 Å². The number of aryl methyl sites for hydroxylation is 1. The molecule has 1 aromatic rings. The Morgan fingerprint density at radius 1 is 1.00 bits per heavy atom. The SMILES string of the molecule is CC(C)(C)CCc1ccccc1. The van der Waals surface area contributed by atoms with E-state index in [1.807, 2.05) is 0 Å². The van der Waals surface area contributed by atoms with E-state index in [0.29, 0.717) is 5.41 Å². The Bertz CT molecular complexity index is 216. The van der Waals surface area contributed by atoms with Crippen LogP contribution in [0.3, 0.4) is 0 Å². The molecule has 66 valence electrons. The number of benzene rings is 1. The summed E-state index contributed by atoms with van der Waals surface area (Å²) in [7, 11) is 0. The third-order valence-corrected chi connectivity index (χ3v) is 2.01. The van der Waals surface area contributed by atoms with Gasteiger partial charge in [-0.3, -0.25) is 0 Å². The largest absolute Gasteiger partial charge is 0.0622 e. The van der Waals surface area contributed by atoms with E-state index in [9.17, 15) is 0 Å². The first-order valence-electron chi connectivity index (χ1n) is 4.62. The maximum atomic E-state index is 2.29. The standard InChI is InChI=1S/C12H18/c1-12(2,3)10-9-11-7-5-4-6-8-11/h4-8H,9-10H2,1-3H3. The lowest BCUT2D eigenvalue weighted by atomic mass is 9.89. The van der Waals surface area contributed by atoms with Gasteiger partial charge in [-0.05, 0) is 23.8 Å². The molecule has 0 heterocycles. The lowest BCUT2D eigenvalue weighted by Crippen LogP contribution is -2.06. The molecule has 0 heteroatoms. The average molecular weight is 162 g/mol. The maximum Gasteiger partial charge on any atom is -0.0274 e. The summed E-state index contributed by atoms with van der Waals surface area (Å²) in [5.41, 5.74) is 1.91. The Morgan fingerprint density at radius 2 is 1.58 bits per heavy atom. The van der Waals surface area contributed by atoms with Crippen molar-refractivity contribution < 1.29 is 0 Å². The molecule has 0 aliphatic rings. The number of hydrogen-bond donors (Lipinski definition) is 0. The van der Waals surface area contributed by atoms with Crippen molar-refractivity contribution in [3.05, 3.63) is 35.9 Å². The second-order valence-corrected chi connectivity index (χ2v) is 4.55. The summed E-state index contributed by atoms with van der Waals surface area (Å²) in [5, 5.41) is 0. The second kappa shape index (κ2) is 3.75. The lowest BCUT2D eigenvalue weighted by molar-refractivity contribution is 0.378. The minimum absolute atomic E-state index is 0.454. The molecule has 1 rings (SSSR count). The van der Waals surface area contributed by atoms with Crippen molar-refractivity contribution >= 4 is 0 Å². The summed E-state index contributed by atoms with van der Waals surface area (Å²) in [6, 6.07) is 10.7. The molecule has 0 spiro atoms. The molecular formula is C12H18. The summed E-state index contributed by atoms with van der Waals surface area (Å²) in [6.45, 7) is 6.86. The molecule has 0 bridgehead atoms. The van der Waals surface area contributed by atoms with E-state index in [0.717, 1.165) is 0 Å². The Morgan fingerprint density at radius 3 is 2.08 bits per heavy atom. The first-order chi connectivity index (χ1) is 5.58. The van der Waals surface area contributed by atoms with Crippen LogP contribution in [0.25, 0.3) is 0 Å². The van der Waals surface area contributed by atoms with E-state index in [2.05, 4.69) is 51.1 Å². The minimum Gasteiger partial charge on any atom is -0.0622 e. The zero-order valence-corrected chi connectivity index (χ0v) is 8.30. The van der Waals surface area contributed by atoms with Crippen LogP contribution in [-0.2, 0) is 6.42 Å². The van der Waals surface area contributed by atoms with Crippen molar-refractivity contribution in [2.24, 2.45) is 5.41 Å². The summed E-state index contributed by atoms with van der Waals surface area (Å²) in [6.07, 6.45) is 2.46. The Balaban J connectivity index is 2.44. The van der Waals surface area contributed by atoms with Crippen LogP contribution in [0.4, 0.5) is 0 Å². The monoisotopic (exact) mass is 162 g/mol. The second-order valence-electron chi connectivity index (χ2n) is 4.55. The van der Waals surface area contributed by atoms with E-state index in [1.54, 1.807) is 0 Å². The van der Waals surface area contributed by atoms with Gasteiger partial charge in [0.05, 0.1) is 0 Å². The van der Waals surface area contributed by atoms with Gasteiger partial charge in [0.25, 0.3) is 0 Å². The van der Waals surface area contributed by atoms with Crippen LogP contribution in [0.5, 0.6) is 0 Å². The van der Waals surface area contributed by atoms with Crippen molar-refractivity contribution in [1.29, 1.82) is 0 Å². The van der Waals surface area contributed by atoms with Crippen molar-refractivity contribution in [2.45, 2.75) is 33.6 Å². The molecule has 0 aliphatic heterocycles. The molecule has 0 saturated carbocycles. The summed E-state index contributed by atoms with van der Waals surface area (Å²) < 4.78 is 0. The number of hydrogen-bond acceptors (Lipinski definition) is 0. The topological polar surface area (TPSA) is 0 Å². The molecule has 0 fully saturated rings. The fourth-order valence-corrected chi connectivity index (χ4v) is 1.16. The highest BCUT2D eigenvalue weighted by atomic mass is 14.1. The average Bonchev–Trinajstić information content (AvgIpc) is 2.02. The Labute approximate surface area is 75.6 Å². The van der Waals surface area contributed by atoms with Gasteiger partial charge in [0.1, 0.15) is 0 Å². The van der Waals surface area contributed by atoms with Gasteiger partial charge in [0, 0.05) is 0 Å². The van der Waals surface area contributed by atoms with E-state index >= 15 is 0 Å². The predicted molar refractivity (Wildman–Crippen MR) is 54.2 cm³/mol. The van der Waals surface area contributed by atoms with Gasteiger partial charge in [-0.1, -0.05) is 51.1 Å². The molecule has 0 atom stereocenters. The molecule has 0 nitrogen and oxygen atoms in total. The quantitative estimate of drug-likeness (QED) is 0.622. The zero-order chi connectivity index (χ0) is 9.03. The van der Waals surface area contributed by atoms with Gasteiger partial charge in [0.15, 0.2) is 0 Å². The molecule has 0 amide bonds. The van der Waals surface area contributed by atoms with Gasteiger partial charge < -0.3 is 0 Å². The van der Waals surface area contributed by atoms with E-state index < -0.39 is 0 Å². The third kappa shape index (κ3) is 3.56. The van der Waals surface area contributed by atoms with E-state index in [1.165, 1.54) is 18.4 Å². The van der Waals surface area contributed by atoms with Gasteiger partial charge in [-0.15, -0.1) is 0 Å². The van der Waals surface area contributed by atoms with Crippen molar-refractivity contribution in [1.82, 2.24) is 0 Å². The first kappa shape index (κ1) is 9.31. The van der Waals surface area contributed by atoms with Crippen LogP contribution in [0, 0.1) is 5.41 Å². The molecule has 0 saturated heterocycles. The normalized spacial score (nSPS) is 11.6. The fourth-order valence-electron chi connectivity index (χ4n) is 1.16. The van der Waals surface area contributed by atoms with Crippen LogP contribution in [0.1, 0.15) is 32.8 Å². The number of rotatable bonds is 2. The maximum absolute atomic E-state index is 2.29. The van der Waals surface area contributed by atoms with Gasteiger partial charge in [-0.25, -0.2) is 0 Å². The molecule has 0 aliphatic carbocycles. The first-order valence-corrected chi connectivity index (χ1v) is 4.62. The van der Waals surface area contributed by atoms with Crippen molar-refractivity contribution in [3.8, 4) is 0 Å². The summed E-state index contributed by atoms with van der Waals surface area (Å²) in [4.78, 5) is 0. The van der Waals surface area contributed by atoms with Crippen molar-refractivity contribution in [2.75, 3.05) is 0 Å². The highest BCUT2D eigenvalue weighted by Crippen LogP contribution is 2.20. The summed E-state index contributed by atoms with van der Waals surface area (Å²) in [5.74, 6) is 0. The zero-order valence-electron chi connectivity index (χ0n) is 8.30. The van der Waals surface area contributed by atoms with Gasteiger partial charge in [-0.2, -0.15) is 0 Å². The molecule has 1 aromatic carbocycles. The summed E-state index contributed by atoms with van der Waals surface area (Å²) >= 11 is 0. The van der Waals surface area contributed by atoms with Crippen LogP contribution < -0.4 is 0 Å². The highest BCUT2D eigenvalue weighted by Gasteiger charge is 2.09. The smallest absolute Gasteiger partial charge is 0.0274 e. The van der Waals surface area contributed by atoms with E-state index in [4.69, 9.17) is 0 Å². The Hall–Kier alpha value is -0.780. The molecule has 0 N–H and O–H groups in total. The van der Waals surface area contributed by atoms with Crippen LogP contribution in [0.2, 0.25) is 0 Å². The van der Waals surface area contributed by atoms with Crippen LogP contribution in [0.15, 0.2) is 30.3 Å². The molecule has 0 unspecified atom stereocenters. The van der Waals surface area contributed by atoms with Gasteiger partial charge >= 0.3 is 0 Å².